The largest absolute Gasteiger partial charge is 0.497 e. The standard InChI is InChI=1S/C24H26N2O6/c1-4-31-24(28)16-20(18-6-5-7-19(15-18)29-2)26-23(27)11-9-17-8-10-21(32-13-12-25)22(14-17)30-3/h5-11,14-15,20H,4,13,16H2,1-3H3,(H,26,27). The predicted molar refractivity (Wildman–Crippen MR) is 118 cm³/mol. The number of nitrogens with one attached hydrogen (secondary N) is 1. The fourth-order valence-electron chi connectivity index (χ4n) is 2.91. The van der Waals surface area contributed by atoms with Gasteiger partial charge < -0.3 is 24.3 Å². The summed E-state index contributed by atoms with van der Waals surface area (Å²) in [4.78, 5) is 24.6. The molecule has 0 saturated carbocycles. The topological polar surface area (TPSA) is 107 Å². The first-order valence-corrected chi connectivity index (χ1v) is 9.96. The summed E-state index contributed by atoms with van der Waals surface area (Å²) in [5.74, 6) is 0.697. The molecule has 2 aromatic carbocycles. The summed E-state index contributed by atoms with van der Waals surface area (Å²) in [5, 5.41) is 11.5. The Balaban J connectivity index is 2.15. The number of rotatable bonds is 11. The zero-order valence-corrected chi connectivity index (χ0v) is 18.3. The maximum Gasteiger partial charge on any atom is 0.308 e. The highest BCUT2D eigenvalue weighted by molar-refractivity contribution is 5.92. The third-order valence-electron chi connectivity index (χ3n) is 4.40. The van der Waals surface area contributed by atoms with Crippen molar-refractivity contribution in [3.8, 4) is 23.3 Å². The van der Waals surface area contributed by atoms with Gasteiger partial charge in [-0.1, -0.05) is 18.2 Å². The molecule has 1 N–H and O–H groups in total. The molecule has 168 valence electrons. The smallest absolute Gasteiger partial charge is 0.308 e. The average molecular weight is 438 g/mol. The fourth-order valence-corrected chi connectivity index (χ4v) is 2.91. The summed E-state index contributed by atoms with van der Waals surface area (Å²) in [5.41, 5.74) is 1.42. The minimum absolute atomic E-state index is 0.0145. The predicted octanol–water partition coefficient (Wildman–Crippen LogP) is 3.43. The molecule has 0 spiro atoms. The second-order valence-corrected chi connectivity index (χ2v) is 6.54. The number of hydrogen-bond acceptors (Lipinski definition) is 7. The molecule has 0 heterocycles. The first-order chi connectivity index (χ1) is 15.5. The van der Waals surface area contributed by atoms with E-state index in [2.05, 4.69) is 5.32 Å². The van der Waals surface area contributed by atoms with Crippen LogP contribution in [0.25, 0.3) is 6.08 Å². The van der Waals surface area contributed by atoms with Crippen LogP contribution in [0.1, 0.15) is 30.5 Å². The highest BCUT2D eigenvalue weighted by Crippen LogP contribution is 2.28. The molecule has 0 aliphatic rings. The SMILES string of the molecule is CCOC(=O)CC(NC(=O)C=Cc1ccc(OCC#N)c(OC)c1)c1cccc(OC)c1. The van der Waals surface area contributed by atoms with Crippen molar-refractivity contribution in [1.29, 1.82) is 5.26 Å². The van der Waals surface area contributed by atoms with Crippen molar-refractivity contribution in [1.82, 2.24) is 5.32 Å². The number of amides is 1. The Morgan fingerprint density at radius 1 is 1.12 bits per heavy atom. The van der Waals surface area contributed by atoms with E-state index in [4.69, 9.17) is 24.2 Å². The van der Waals surface area contributed by atoms with Crippen LogP contribution in [0.15, 0.2) is 48.5 Å². The van der Waals surface area contributed by atoms with E-state index >= 15 is 0 Å². The molecule has 0 fully saturated rings. The van der Waals surface area contributed by atoms with Crippen LogP contribution in [0.5, 0.6) is 17.2 Å². The molecule has 2 aromatic rings. The summed E-state index contributed by atoms with van der Waals surface area (Å²) >= 11 is 0. The van der Waals surface area contributed by atoms with E-state index in [1.54, 1.807) is 62.6 Å². The van der Waals surface area contributed by atoms with E-state index in [1.807, 2.05) is 6.07 Å². The summed E-state index contributed by atoms with van der Waals surface area (Å²) in [6, 6.07) is 13.5. The second kappa shape index (κ2) is 12.6. The van der Waals surface area contributed by atoms with Gasteiger partial charge in [-0.25, -0.2) is 0 Å². The van der Waals surface area contributed by atoms with Crippen LogP contribution in [0.3, 0.4) is 0 Å². The molecule has 0 saturated heterocycles. The molecule has 1 amide bonds. The minimum atomic E-state index is -0.586. The van der Waals surface area contributed by atoms with E-state index in [1.165, 1.54) is 13.2 Å². The van der Waals surface area contributed by atoms with Crippen molar-refractivity contribution < 1.29 is 28.5 Å². The van der Waals surface area contributed by atoms with Gasteiger partial charge in [-0.3, -0.25) is 9.59 Å². The highest BCUT2D eigenvalue weighted by atomic mass is 16.5. The van der Waals surface area contributed by atoms with Crippen molar-refractivity contribution >= 4 is 18.0 Å². The van der Waals surface area contributed by atoms with Gasteiger partial charge in [0.15, 0.2) is 18.1 Å². The molecular formula is C24H26N2O6. The Kier molecular flexibility index (Phi) is 9.60. The number of benzene rings is 2. The number of esters is 1. The van der Waals surface area contributed by atoms with E-state index in [0.717, 1.165) is 5.56 Å². The maximum absolute atomic E-state index is 12.6. The van der Waals surface area contributed by atoms with Crippen LogP contribution in [-0.2, 0) is 14.3 Å². The summed E-state index contributed by atoms with van der Waals surface area (Å²) < 4.78 is 20.8. The van der Waals surface area contributed by atoms with Crippen LogP contribution in [-0.4, -0.2) is 39.3 Å². The zero-order valence-electron chi connectivity index (χ0n) is 18.3. The number of methoxy groups -OCH3 is 2. The van der Waals surface area contributed by atoms with Gasteiger partial charge in [0.25, 0.3) is 0 Å². The summed E-state index contributed by atoms with van der Waals surface area (Å²) in [6.45, 7) is 1.89. The lowest BCUT2D eigenvalue weighted by Gasteiger charge is -2.18. The quantitative estimate of drug-likeness (QED) is 0.423. The molecule has 0 aliphatic heterocycles. The molecule has 0 aliphatic carbocycles. The molecular weight excluding hydrogens is 412 g/mol. The third-order valence-corrected chi connectivity index (χ3v) is 4.40. The molecule has 1 unspecified atom stereocenters. The monoisotopic (exact) mass is 438 g/mol. The minimum Gasteiger partial charge on any atom is -0.497 e. The number of ether oxygens (including phenoxy) is 4. The van der Waals surface area contributed by atoms with Crippen molar-refractivity contribution in [3.63, 3.8) is 0 Å². The summed E-state index contributed by atoms with van der Waals surface area (Å²) in [7, 11) is 3.04. The van der Waals surface area contributed by atoms with Gasteiger partial charge in [-0.15, -0.1) is 0 Å². The number of nitriles is 1. The lowest BCUT2D eigenvalue weighted by molar-refractivity contribution is -0.143. The first-order valence-electron chi connectivity index (χ1n) is 9.96. The Bertz CT molecular complexity index is 996. The van der Waals surface area contributed by atoms with Crippen LogP contribution in [0, 0.1) is 11.3 Å². The lowest BCUT2D eigenvalue weighted by Crippen LogP contribution is -2.29. The molecule has 32 heavy (non-hydrogen) atoms. The molecule has 0 aromatic heterocycles. The van der Waals surface area contributed by atoms with E-state index in [-0.39, 0.29) is 25.5 Å². The molecule has 1 atom stereocenters. The Labute approximate surface area is 187 Å². The molecule has 0 bridgehead atoms. The van der Waals surface area contributed by atoms with E-state index < -0.39 is 12.0 Å². The van der Waals surface area contributed by atoms with Crippen LogP contribution >= 0.6 is 0 Å². The van der Waals surface area contributed by atoms with Crippen molar-refractivity contribution in [3.05, 3.63) is 59.7 Å². The van der Waals surface area contributed by atoms with E-state index in [0.29, 0.717) is 22.8 Å². The summed E-state index contributed by atoms with van der Waals surface area (Å²) in [6.07, 6.45) is 2.96. The van der Waals surface area contributed by atoms with Gasteiger partial charge in [-0.05, 0) is 48.4 Å². The van der Waals surface area contributed by atoms with Gasteiger partial charge in [-0.2, -0.15) is 5.26 Å². The van der Waals surface area contributed by atoms with Crippen LogP contribution in [0.2, 0.25) is 0 Å². The van der Waals surface area contributed by atoms with Gasteiger partial charge in [0.2, 0.25) is 5.91 Å². The van der Waals surface area contributed by atoms with Crippen molar-refractivity contribution in [2.24, 2.45) is 0 Å². The second-order valence-electron chi connectivity index (χ2n) is 6.54. The van der Waals surface area contributed by atoms with E-state index in [9.17, 15) is 9.59 Å². The maximum atomic E-state index is 12.6. The van der Waals surface area contributed by atoms with Gasteiger partial charge in [0.05, 0.1) is 33.3 Å². The molecule has 8 heteroatoms. The van der Waals surface area contributed by atoms with Gasteiger partial charge in [0.1, 0.15) is 11.8 Å². The number of hydrogen-bond donors (Lipinski definition) is 1. The Morgan fingerprint density at radius 2 is 1.94 bits per heavy atom. The third kappa shape index (κ3) is 7.36. The van der Waals surface area contributed by atoms with Gasteiger partial charge in [0, 0.05) is 6.08 Å². The Morgan fingerprint density at radius 3 is 2.62 bits per heavy atom. The molecule has 8 nitrogen and oxygen atoms in total. The van der Waals surface area contributed by atoms with Crippen LogP contribution in [0.4, 0.5) is 0 Å². The van der Waals surface area contributed by atoms with Crippen molar-refractivity contribution in [2.45, 2.75) is 19.4 Å². The number of carbonyl (C=O) groups is 2. The zero-order chi connectivity index (χ0) is 23.3. The van der Waals surface area contributed by atoms with Crippen LogP contribution < -0.4 is 19.5 Å². The highest BCUT2D eigenvalue weighted by Gasteiger charge is 2.19. The molecule has 2 rings (SSSR count). The van der Waals surface area contributed by atoms with Crippen molar-refractivity contribution in [2.75, 3.05) is 27.4 Å². The number of carbonyl (C=O) groups excluding carboxylic acids is 2. The lowest BCUT2D eigenvalue weighted by atomic mass is 10.0. The number of nitrogens with zero attached hydrogens (tertiary/aromatic N) is 1. The molecule has 0 radical (unpaired) electrons. The normalized spacial score (nSPS) is 11.3. The fraction of sp³-hybridized carbons (Fsp3) is 0.292. The average Bonchev–Trinajstić information content (AvgIpc) is 2.81. The van der Waals surface area contributed by atoms with Gasteiger partial charge >= 0.3 is 5.97 Å². The first kappa shape index (κ1) is 24.3. The Hall–Kier alpha value is -3.99.